The number of nitrogens with one attached hydrogen (secondary N) is 1. The molecule has 5 nitrogen and oxygen atoms in total. The highest BCUT2D eigenvalue weighted by Crippen LogP contribution is 2.32. The minimum Gasteiger partial charge on any atom is -0.248 e. The largest absolute Gasteiger partial charge is 0.248 e. The lowest BCUT2D eigenvalue weighted by Gasteiger charge is -2.36. The van der Waals surface area contributed by atoms with Crippen molar-refractivity contribution in [3.63, 3.8) is 0 Å². The summed E-state index contributed by atoms with van der Waals surface area (Å²) >= 11 is 0. The van der Waals surface area contributed by atoms with Gasteiger partial charge in [-0.2, -0.15) is 5.26 Å². The molecule has 8 heteroatoms. The summed E-state index contributed by atoms with van der Waals surface area (Å²) in [6.45, 7) is 10.1. The Bertz CT molecular complexity index is 847. The maximum absolute atomic E-state index is 14.6. The van der Waals surface area contributed by atoms with E-state index in [0.29, 0.717) is 0 Å². The Hall–Kier alpha value is -1.30. The maximum Gasteiger partial charge on any atom is 0.135 e. The summed E-state index contributed by atoms with van der Waals surface area (Å²) in [4.78, 5) is 0. The van der Waals surface area contributed by atoms with Crippen LogP contribution in [-0.2, 0) is 26.3 Å². The quantitative estimate of drug-likeness (QED) is 0.792. The summed E-state index contributed by atoms with van der Waals surface area (Å²) in [5, 5.41) is 9.45. The highest BCUT2D eigenvalue weighted by Gasteiger charge is 2.42. The third-order valence-corrected chi connectivity index (χ3v) is 9.18. The van der Waals surface area contributed by atoms with E-state index in [1.165, 1.54) is 13.1 Å². The van der Waals surface area contributed by atoms with E-state index in [-0.39, 0.29) is 11.3 Å². The zero-order chi connectivity index (χ0) is 20.4. The van der Waals surface area contributed by atoms with Crippen LogP contribution in [0.25, 0.3) is 0 Å². The van der Waals surface area contributed by atoms with Gasteiger partial charge in [-0.1, -0.05) is 18.2 Å². The number of hydrogen-bond acceptors (Lipinski definition) is 4. The average Bonchev–Trinajstić information content (AvgIpc) is 2.53. The zero-order valence-electron chi connectivity index (χ0n) is 16.4. The molecule has 1 rings (SSSR count). The van der Waals surface area contributed by atoms with Crippen LogP contribution in [0.3, 0.4) is 0 Å². The number of nitriles is 1. The topological polar surface area (TPSA) is 82.3 Å². The standard InChI is InChI=1S/C18H28FN3O2S2/c1-16(2,3)25(23)22-18(6,14-10-8-9-11-15(14)19)13-26(24,21-7)17(4,5)12-20/h8-11,22H,13H2,1-7H3/t18-,25+,26-/m0/s1. The number of hydrogen-bond donors (Lipinski definition) is 1. The smallest absolute Gasteiger partial charge is 0.135 e. The van der Waals surface area contributed by atoms with E-state index < -0.39 is 41.6 Å². The Morgan fingerprint density at radius 2 is 1.77 bits per heavy atom. The lowest BCUT2D eigenvalue weighted by Crippen LogP contribution is -2.52. The molecule has 0 aromatic heterocycles. The van der Waals surface area contributed by atoms with Gasteiger partial charge in [0.05, 0.1) is 42.8 Å². The van der Waals surface area contributed by atoms with Gasteiger partial charge in [-0.05, 0) is 47.6 Å². The molecule has 0 unspecified atom stereocenters. The third kappa shape index (κ3) is 4.70. The van der Waals surface area contributed by atoms with Crippen molar-refractivity contribution in [2.45, 2.75) is 56.6 Å². The van der Waals surface area contributed by atoms with Crippen molar-refractivity contribution in [2.24, 2.45) is 4.36 Å². The number of benzene rings is 1. The van der Waals surface area contributed by atoms with Crippen LogP contribution in [0.5, 0.6) is 0 Å². The number of rotatable bonds is 6. The first-order valence-corrected chi connectivity index (χ1v) is 11.0. The van der Waals surface area contributed by atoms with E-state index in [4.69, 9.17) is 0 Å². The molecule has 26 heavy (non-hydrogen) atoms. The van der Waals surface area contributed by atoms with Crippen LogP contribution >= 0.6 is 0 Å². The average molecular weight is 402 g/mol. The summed E-state index contributed by atoms with van der Waals surface area (Å²) in [6, 6.07) is 8.13. The molecule has 0 bridgehead atoms. The molecule has 0 radical (unpaired) electrons. The monoisotopic (exact) mass is 401 g/mol. The molecular formula is C18H28FN3O2S2. The van der Waals surface area contributed by atoms with Crippen LogP contribution in [-0.4, -0.2) is 30.7 Å². The fourth-order valence-electron chi connectivity index (χ4n) is 2.36. The van der Waals surface area contributed by atoms with Crippen molar-refractivity contribution in [1.82, 2.24) is 4.72 Å². The predicted molar refractivity (Wildman–Crippen MR) is 106 cm³/mol. The normalized spacial score (nSPS) is 18.3. The second kappa shape index (κ2) is 7.75. The highest BCUT2D eigenvalue weighted by atomic mass is 32.2. The summed E-state index contributed by atoms with van der Waals surface area (Å²) < 4.78 is 45.9. The fraction of sp³-hybridized carbons (Fsp3) is 0.611. The van der Waals surface area contributed by atoms with Gasteiger partial charge in [-0.3, -0.25) is 0 Å². The Morgan fingerprint density at radius 3 is 2.19 bits per heavy atom. The third-order valence-electron chi connectivity index (χ3n) is 4.19. The minimum absolute atomic E-state index is 0.153. The van der Waals surface area contributed by atoms with Crippen molar-refractivity contribution in [3.8, 4) is 6.07 Å². The predicted octanol–water partition coefficient (Wildman–Crippen LogP) is 3.49. The fourth-order valence-corrected chi connectivity index (χ4v) is 5.45. The van der Waals surface area contributed by atoms with Gasteiger partial charge in [0.15, 0.2) is 0 Å². The Balaban J connectivity index is 3.58. The Labute approximate surface area is 159 Å². The van der Waals surface area contributed by atoms with E-state index in [1.807, 2.05) is 6.07 Å². The Kier molecular flexibility index (Phi) is 6.78. The molecule has 0 heterocycles. The molecule has 0 fully saturated rings. The van der Waals surface area contributed by atoms with Crippen LogP contribution in [0.4, 0.5) is 4.39 Å². The minimum atomic E-state index is -3.07. The van der Waals surface area contributed by atoms with E-state index >= 15 is 0 Å². The second-order valence-electron chi connectivity index (χ2n) is 7.88. The van der Waals surface area contributed by atoms with E-state index in [1.54, 1.807) is 59.7 Å². The molecule has 0 saturated carbocycles. The molecule has 3 atom stereocenters. The molecule has 146 valence electrons. The lowest BCUT2D eigenvalue weighted by molar-refractivity contribution is 0.456. The van der Waals surface area contributed by atoms with Gasteiger partial charge in [0, 0.05) is 12.6 Å². The number of nitrogens with zero attached hydrogens (tertiary/aromatic N) is 2. The van der Waals surface area contributed by atoms with Gasteiger partial charge >= 0.3 is 0 Å². The SMILES string of the molecule is CN=[S@](=O)(C[C@](C)(N[S@](=O)C(C)(C)C)c1ccccc1F)C(C)(C)C#N. The molecule has 1 aromatic rings. The van der Waals surface area contributed by atoms with Crippen molar-refractivity contribution in [1.29, 1.82) is 5.26 Å². The van der Waals surface area contributed by atoms with Crippen molar-refractivity contribution in [2.75, 3.05) is 12.8 Å². The lowest BCUT2D eigenvalue weighted by atomic mass is 9.95. The first-order valence-electron chi connectivity index (χ1n) is 8.21. The molecule has 0 aliphatic heterocycles. The van der Waals surface area contributed by atoms with Crippen LogP contribution in [0, 0.1) is 17.1 Å². The van der Waals surface area contributed by atoms with E-state index in [2.05, 4.69) is 9.08 Å². The van der Waals surface area contributed by atoms with Crippen LogP contribution in [0.1, 0.15) is 47.1 Å². The van der Waals surface area contributed by atoms with Crippen molar-refractivity contribution in [3.05, 3.63) is 35.6 Å². The molecule has 0 aliphatic carbocycles. The van der Waals surface area contributed by atoms with Crippen LogP contribution in [0.2, 0.25) is 0 Å². The summed E-state index contributed by atoms with van der Waals surface area (Å²) in [7, 11) is -3.22. The van der Waals surface area contributed by atoms with E-state index in [9.17, 15) is 18.1 Å². The number of halogens is 1. The zero-order valence-corrected chi connectivity index (χ0v) is 18.1. The Morgan fingerprint density at radius 1 is 1.23 bits per heavy atom. The molecule has 0 spiro atoms. The summed E-state index contributed by atoms with van der Waals surface area (Å²) in [5.74, 6) is -0.652. The van der Waals surface area contributed by atoms with Gasteiger partial charge in [0.25, 0.3) is 0 Å². The van der Waals surface area contributed by atoms with Gasteiger partial charge in [-0.25, -0.2) is 21.9 Å². The highest BCUT2D eigenvalue weighted by molar-refractivity contribution is 7.95. The van der Waals surface area contributed by atoms with Crippen LogP contribution < -0.4 is 4.72 Å². The van der Waals surface area contributed by atoms with Gasteiger partial charge in [0.1, 0.15) is 10.6 Å². The molecule has 1 N–H and O–H groups in total. The maximum atomic E-state index is 14.6. The van der Waals surface area contributed by atoms with E-state index in [0.717, 1.165) is 0 Å². The van der Waals surface area contributed by atoms with Gasteiger partial charge in [-0.15, -0.1) is 0 Å². The van der Waals surface area contributed by atoms with Crippen molar-refractivity contribution >= 4 is 20.7 Å². The van der Waals surface area contributed by atoms with Gasteiger partial charge in [0.2, 0.25) is 0 Å². The first kappa shape index (κ1) is 22.7. The first-order chi connectivity index (χ1) is 11.7. The molecular weight excluding hydrogens is 373 g/mol. The molecule has 0 aliphatic rings. The van der Waals surface area contributed by atoms with Gasteiger partial charge < -0.3 is 0 Å². The van der Waals surface area contributed by atoms with Crippen LogP contribution in [0.15, 0.2) is 28.6 Å². The molecule has 0 amide bonds. The molecule has 1 aromatic carbocycles. The van der Waals surface area contributed by atoms with Crippen molar-refractivity contribution < 1.29 is 12.8 Å². The molecule has 0 saturated heterocycles. The summed E-state index contributed by atoms with van der Waals surface area (Å²) in [5.41, 5.74) is -1.00. The second-order valence-corrected chi connectivity index (χ2v) is 12.8. The summed E-state index contributed by atoms with van der Waals surface area (Å²) in [6.07, 6.45) is 0.